The molecule has 0 fully saturated rings. The van der Waals surface area contributed by atoms with Crippen molar-refractivity contribution in [3.05, 3.63) is 35.4 Å². The van der Waals surface area contributed by atoms with E-state index in [1.54, 1.807) is 0 Å². The summed E-state index contributed by atoms with van der Waals surface area (Å²) in [5, 5.41) is 8.30. The van der Waals surface area contributed by atoms with Gasteiger partial charge in [0.25, 0.3) is 0 Å². The molecule has 1 aromatic rings. The number of rotatable bonds is 1. The minimum atomic E-state index is 0.195. The summed E-state index contributed by atoms with van der Waals surface area (Å²) in [6, 6.07) is 8.28. The molecule has 1 rings (SSSR count). The lowest BCUT2D eigenvalue weighted by Crippen LogP contribution is -2.10. The number of hydrogen-bond donors (Lipinski definition) is 1. The van der Waals surface area contributed by atoms with Crippen LogP contribution in [0.2, 0.25) is 0 Å². The van der Waals surface area contributed by atoms with Gasteiger partial charge in [0.2, 0.25) is 0 Å². The van der Waals surface area contributed by atoms with Gasteiger partial charge in [0.1, 0.15) is 0 Å². The van der Waals surface area contributed by atoms with E-state index in [0.717, 1.165) is 5.56 Å². The van der Waals surface area contributed by atoms with Gasteiger partial charge in [0, 0.05) is 5.56 Å². The monoisotopic (exact) mass is 207 g/mol. The first kappa shape index (κ1) is 11.3. The summed E-state index contributed by atoms with van der Waals surface area (Å²) in [6.07, 6.45) is 1.93. The Balaban J connectivity index is 2.95. The van der Waals surface area contributed by atoms with Gasteiger partial charge in [0.05, 0.1) is 5.04 Å². The van der Waals surface area contributed by atoms with E-state index in [0.29, 0.717) is 5.04 Å². The van der Waals surface area contributed by atoms with Crippen molar-refractivity contribution in [3.63, 3.8) is 0 Å². The van der Waals surface area contributed by atoms with Gasteiger partial charge in [0.15, 0.2) is 0 Å². The molecule has 1 N–H and O–H groups in total. The molecule has 0 radical (unpaired) electrons. The molecule has 0 aliphatic rings. The third-order valence-electron chi connectivity index (χ3n) is 2.22. The molecule has 0 bridgehead atoms. The summed E-state index contributed by atoms with van der Waals surface area (Å²) >= 11 is 1.47. The zero-order valence-electron chi connectivity index (χ0n) is 9.22. The molecule has 0 spiro atoms. The predicted molar refractivity (Wildman–Crippen MR) is 65.5 cm³/mol. The lowest BCUT2D eigenvalue weighted by Gasteiger charge is -2.19. The second kappa shape index (κ2) is 4.18. The van der Waals surface area contributed by atoms with Crippen LogP contribution in [0, 0.1) is 5.41 Å². The van der Waals surface area contributed by atoms with Crippen LogP contribution in [0.4, 0.5) is 0 Å². The van der Waals surface area contributed by atoms with E-state index >= 15 is 0 Å². The first-order chi connectivity index (χ1) is 6.45. The van der Waals surface area contributed by atoms with Crippen LogP contribution in [0.5, 0.6) is 0 Å². The third-order valence-corrected chi connectivity index (χ3v) is 2.86. The van der Waals surface area contributed by atoms with E-state index < -0.39 is 0 Å². The Bertz CT molecular complexity index is 319. The van der Waals surface area contributed by atoms with Gasteiger partial charge in [-0.3, -0.25) is 5.41 Å². The third kappa shape index (κ3) is 2.61. The Hall–Kier alpha value is -0.760. The van der Waals surface area contributed by atoms with Crippen molar-refractivity contribution in [1.29, 1.82) is 5.41 Å². The molecule has 0 aromatic heterocycles. The molecule has 0 saturated heterocycles. The van der Waals surface area contributed by atoms with Crippen molar-refractivity contribution in [2.24, 2.45) is 0 Å². The van der Waals surface area contributed by atoms with Gasteiger partial charge < -0.3 is 0 Å². The molecule has 14 heavy (non-hydrogen) atoms. The molecular formula is C12H17NS. The van der Waals surface area contributed by atoms with Crippen LogP contribution in [0.1, 0.15) is 31.9 Å². The minimum absolute atomic E-state index is 0.195. The van der Waals surface area contributed by atoms with Gasteiger partial charge in [-0.15, -0.1) is 11.8 Å². The Morgan fingerprint density at radius 2 is 1.64 bits per heavy atom. The fourth-order valence-electron chi connectivity index (χ4n) is 1.24. The predicted octanol–water partition coefficient (Wildman–Crippen LogP) is 3.67. The van der Waals surface area contributed by atoms with Crippen molar-refractivity contribution >= 4 is 16.8 Å². The lowest BCUT2D eigenvalue weighted by molar-refractivity contribution is 0.590. The molecule has 2 heteroatoms. The smallest absolute Gasteiger partial charge is 0.0939 e. The van der Waals surface area contributed by atoms with E-state index in [4.69, 9.17) is 5.41 Å². The van der Waals surface area contributed by atoms with Gasteiger partial charge in [-0.05, 0) is 17.2 Å². The van der Waals surface area contributed by atoms with Gasteiger partial charge in [-0.2, -0.15) is 0 Å². The molecule has 0 aliphatic carbocycles. The van der Waals surface area contributed by atoms with Crippen LogP contribution < -0.4 is 0 Å². The van der Waals surface area contributed by atoms with Crippen molar-refractivity contribution in [2.45, 2.75) is 26.2 Å². The summed E-state index contributed by atoms with van der Waals surface area (Å²) in [5.74, 6) is 0. The Morgan fingerprint density at radius 3 is 2.00 bits per heavy atom. The van der Waals surface area contributed by atoms with Crippen LogP contribution in [-0.2, 0) is 5.41 Å². The maximum absolute atomic E-state index is 7.67. The lowest BCUT2D eigenvalue weighted by atomic mass is 9.87. The highest BCUT2D eigenvalue weighted by Gasteiger charge is 2.13. The molecule has 0 heterocycles. The van der Waals surface area contributed by atoms with Crippen molar-refractivity contribution in [2.75, 3.05) is 6.26 Å². The highest BCUT2D eigenvalue weighted by Crippen LogP contribution is 2.22. The van der Waals surface area contributed by atoms with Crippen molar-refractivity contribution < 1.29 is 0 Å². The number of hydrogen-bond acceptors (Lipinski definition) is 2. The van der Waals surface area contributed by atoms with Crippen LogP contribution in [0.3, 0.4) is 0 Å². The van der Waals surface area contributed by atoms with E-state index in [2.05, 4.69) is 32.9 Å². The zero-order valence-corrected chi connectivity index (χ0v) is 10.0. The van der Waals surface area contributed by atoms with Gasteiger partial charge in [-0.25, -0.2) is 0 Å². The van der Waals surface area contributed by atoms with Crippen LogP contribution in [0.25, 0.3) is 0 Å². The molecule has 0 unspecified atom stereocenters. The normalized spacial score (nSPS) is 11.4. The van der Waals surface area contributed by atoms with Crippen LogP contribution in [0.15, 0.2) is 24.3 Å². The summed E-state index contributed by atoms with van der Waals surface area (Å²) < 4.78 is 0. The highest BCUT2D eigenvalue weighted by atomic mass is 32.2. The SMILES string of the molecule is CSC(=N)c1ccc(C(C)(C)C)cc1. The van der Waals surface area contributed by atoms with E-state index in [-0.39, 0.29) is 5.41 Å². The number of thioether (sulfide) groups is 1. The average Bonchev–Trinajstić information content (AvgIpc) is 2.15. The number of nitrogens with one attached hydrogen (secondary N) is 1. The topological polar surface area (TPSA) is 23.9 Å². The van der Waals surface area contributed by atoms with Crippen molar-refractivity contribution in [1.82, 2.24) is 0 Å². The first-order valence-electron chi connectivity index (χ1n) is 4.68. The summed E-state index contributed by atoms with van der Waals surface area (Å²) in [5.41, 5.74) is 2.51. The van der Waals surface area contributed by atoms with E-state index in [9.17, 15) is 0 Å². The summed E-state index contributed by atoms with van der Waals surface area (Å²) in [7, 11) is 0. The Labute approximate surface area is 90.4 Å². The summed E-state index contributed by atoms with van der Waals surface area (Å²) in [6.45, 7) is 6.59. The molecule has 0 amide bonds. The highest BCUT2D eigenvalue weighted by molar-refractivity contribution is 8.13. The molecule has 76 valence electrons. The first-order valence-corrected chi connectivity index (χ1v) is 5.91. The fourth-order valence-corrected chi connectivity index (χ4v) is 1.61. The average molecular weight is 207 g/mol. The van der Waals surface area contributed by atoms with Crippen molar-refractivity contribution in [3.8, 4) is 0 Å². The maximum atomic E-state index is 7.67. The Morgan fingerprint density at radius 1 is 1.14 bits per heavy atom. The molecule has 1 nitrogen and oxygen atoms in total. The second-order valence-corrected chi connectivity index (χ2v) is 5.18. The van der Waals surface area contributed by atoms with Crippen LogP contribution >= 0.6 is 11.8 Å². The van der Waals surface area contributed by atoms with E-state index in [1.807, 2.05) is 18.4 Å². The second-order valence-electron chi connectivity index (χ2n) is 4.36. The zero-order chi connectivity index (χ0) is 10.8. The van der Waals surface area contributed by atoms with Gasteiger partial charge >= 0.3 is 0 Å². The molecule has 0 atom stereocenters. The minimum Gasteiger partial charge on any atom is -0.293 e. The standard InChI is InChI=1S/C12H17NS/c1-12(2,3)10-7-5-9(6-8-10)11(13)14-4/h5-8,13H,1-4H3. The molecule has 0 aliphatic heterocycles. The largest absolute Gasteiger partial charge is 0.293 e. The van der Waals surface area contributed by atoms with Crippen LogP contribution in [-0.4, -0.2) is 11.3 Å². The Kier molecular flexibility index (Phi) is 3.38. The quantitative estimate of drug-likeness (QED) is 0.551. The number of benzene rings is 1. The molecule has 1 aromatic carbocycles. The molecule has 0 saturated carbocycles. The maximum Gasteiger partial charge on any atom is 0.0939 e. The fraction of sp³-hybridized carbons (Fsp3) is 0.417. The molecular weight excluding hydrogens is 190 g/mol. The summed E-state index contributed by atoms with van der Waals surface area (Å²) in [4.78, 5) is 0. The van der Waals surface area contributed by atoms with E-state index in [1.165, 1.54) is 17.3 Å². The van der Waals surface area contributed by atoms with Gasteiger partial charge in [-0.1, -0.05) is 45.0 Å².